The van der Waals surface area contributed by atoms with Crippen LogP contribution < -0.4 is 4.90 Å². The molecule has 1 saturated heterocycles. The van der Waals surface area contributed by atoms with Gasteiger partial charge < -0.3 is 4.90 Å². The SMILES string of the molecule is Cc1ccc(N2CCC2)c(Br)c1. The average Bonchev–Trinajstić information content (AvgIpc) is 1.91. The summed E-state index contributed by atoms with van der Waals surface area (Å²) in [4.78, 5) is 2.39. The van der Waals surface area contributed by atoms with E-state index >= 15 is 0 Å². The van der Waals surface area contributed by atoms with Crippen molar-refractivity contribution in [2.75, 3.05) is 18.0 Å². The van der Waals surface area contributed by atoms with Gasteiger partial charge >= 0.3 is 0 Å². The van der Waals surface area contributed by atoms with E-state index in [0.29, 0.717) is 0 Å². The van der Waals surface area contributed by atoms with Gasteiger partial charge in [0.05, 0.1) is 5.69 Å². The first-order valence-electron chi connectivity index (χ1n) is 4.28. The lowest BCUT2D eigenvalue weighted by molar-refractivity contribution is 0.616. The standard InChI is InChI=1S/C10H12BrN/c1-8-3-4-10(9(11)7-8)12-5-2-6-12/h3-4,7H,2,5-6H2,1H3. The Kier molecular flexibility index (Phi) is 2.09. The van der Waals surface area contributed by atoms with Crippen LogP contribution in [0.25, 0.3) is 0 Å². The summed E-state index contributed by atoms with van der Waals surface area (Å²) in [7, 11) is 0. The predicted molar refractivity (Wildman–Crippen MR) is 55.7 cm³/mol. The molecule has 0 aromatic heterocycles. The van der Waals surface area contributed by atoms with E-state index < -0.39 is 0 Å². The first-order chi connectivity index (χ1) is 5.77. The molecule has 1 aromatic rings. The Morgan fingerprint density at radius 3 is 2.58 bits per heavy atom. The van der Waals surface area contributed by atoms with E-state index in [1.165, 1.54) is 35.2 Å². The van der Waals surface area contributed by atoms with Gasteiger partial charge in [0, 0.05) is 17.6 Å². The number of rotatable bonds is 1. The fraction of sp³-hybridized carbons (Fsp3) is 0.400. The van der Waals surface area contributed by atoms with E-state index in [0.717, 1.165) is 0 Å². The monoisotopic (exact) mass is 225 g/mol. The first kappa shape index (κ1) is 8.11. The van der Waals surface area contributed by atoms with Crippen LogP contribution in [0.5, 0.6) is 0 Å². The second kappa shape index (κ2) is 3.09. The van der Waals surface area contributed by atoms with Gasteiger partial charge in [-0.1, -0.05) is 6.07 Å². The van der Waals surface area contributed by atoms with Gasteiger partial charge in [0.15, 0.2) is 0 Å². The highest BCUT2D eigenvalue weighted by atomic mass is 79.9. The Hall–Kier alpha value is -0.500. The zero-order chi connectivity index (χ0) is 8.55. The topological polar surface area (TPSA) is 3.24 Å². The summed E-state index contributed by atoms with van der Waals surface area (Å²) < 4.78 is 1.22. The third-order valence-corrected chi connectivity index (χ3v) is 2.94. The molecule has 0 spiro atoms. The summed E-state index contributed by atoms with van der Waals surface area (Å²) in [6, 6.07) is 6.53. The minimum absolute atomic E-state index is 1.21. The molecule has 0 amide bonds. The zero-order valence-corrected chi connectivity index (χ0v) is 8.76. The molecule has 0 atom stereocenters. The molecule has 2 rings (SSSR count). The summed E-state index contributed by atoms with van der Waals surface area (Å²) in [6.45, 7) is 4.54. The van der Waals surface area contributed by atoms with Crippen LogP contribution in [0.4, 0.5) is 5.69 Å². The van der Waals surface area contributed by atoms with Crippen LogP contribution in [0.3, 0.4) is 0 Å². The number of nitrogens with zero attached hydrogens (tertiary/aromatic N) is 1. The van der Waals surface area contributed by atoms with E-state index in [1.807, 2.05) is 0 Å². The second-order valence-corrected chi connectivity index (χ2v) is 4.15. The molecular weight excluding hydrogens is 214 g/mol. The van der Waals surface area contributed by atoms with Crippen LogP contribution in [-0.4, -0.2) is 13.1 Å². The number of anilines is 1. The first-order valence-corrected chi connectivity index (χ1v) is 5.08. The fourth-order valence-corrected chi connectivity index (χ4v) is 2.17. The highest BCUT2D eigenvalue weighted by Crippen LogP contribution is 2.29. The predicted octanol–water partition coefficient (Wildman–Crippen LogP) is 2.97. The Labute approximate surface area is 81.5 Å². The lowest BCUT2D eigenvalue weighted by Gasteiger charge is -2.34. The molecule has 1 aliphatic heterocycles. The van der Waals surface area contributed by atoms with Crippen molar-refractivity contribution in [1.82, 2.24) is 0 Å². The van der Waals surface area contributed by atoms with E-state index in [9.17, 15) is 0 Å². The normalized spacial score (nSPS) is 16.0. The zero-order valence-electron chi connectivity index (χ0n) is 7.18. The van der Waals surface area contributed by atoms with Crippen molar-refractivity contribution in [2.45, 2.75) is 13.3 Å². The molecule has 64 valence electrons. The summed E-state index contributed by atoms with van der Waals surface area (Å²) in [5.74, 6) is 0. The quantitative estimate of drug-likeness (QED) is 0.711. The van der Waals surface area contributed by atoms with Crippen LogP contribution in [0.2, 0.25) is 0 Å². The molecule has 1 heterocycles. The van der Waals surface area contributed by atoms with Gasteiger partial charge in [-0.3, -0.25) is 0 Å². The molecule has 12 heavy (non-hydrogen) atoms. The van der Waals surface area contributed by atoms with E-state index in [4.69, 9.17) is 0 Å². The summed E-state index contributed by atoms with van der Waals surface area (Å²) in [5.41, 5.74) is 2.65. The Morgan fingerprint density at radius 2 is 2.08 bits per heavy atom. The third kappa shape index (κ3) is 1.36. The van der Waals surface area contributed by atoms with E-state index in [2.05, 4.69) is 46.0 Å². The van der Waals surface area contributed by atoms with Gasteiger partial charge in [0.1, 0.15) is 0 Å². The van der Waals surface area contributed by atoms with Gasteiger partial charge in [-0.15, -0.1) is 0 Å². The van der Waals surface area contributed by atoms with Gasteiger partial charge in [-0.2, -0.15) is 0 Å². The average molecular weight is 226 g/mol. The van der Waals surface area contributed by atoms with Crippen molar-refractivity contribution in [3.05, 3.63) is 28.2 Å². The van der Waals surface area contributed by atoms with Gasteiger partial charge in [-0.25, -0.2) is 0 Å². The van der Waals surface area contributed by atoms with Crippen LogP contribution in [-0.2, 0) is 0 Å². The Morgan fingerprint density at radius 1 is 1.33 bits per heavy atom. The molecule has 0 saturated carbocycles. The number of halogens is 1. The molecule has 0 bridgehead atoms. The molecule has 1 aliphatic rings. The molecule has 0 radical (unpaired) electrons. The van der Waals surface area contributed by atoms with E-state index in [1.54, 1.807) is 0 Å². The fourth-order valence-electron chi connectivity index (χ4n) is 1.43. The molecule has 0 N–H and O–H groups in total. The number of hydrogen-bond acceptors (Lipinski definition) is 1. The smallest absolute Gasteiger partial charge is 0.0510 e. The number of hydrogen-bond donors (Lipinski definition) is 0. The maximum absolute atomic E-state index is 3.58. The number of benzene rings is 1. The van der Waals surface area contributed by atoms with Crippen LogP contribution in [0.15, 0.2) is 22.7 Å². The molecular formula is C10H12BrN. The highest BCUT2D eigenvalue weighted by molar-refractivity contribution is 9.10. The van der Waals surface area contributed by atoms with Crippen LogP contribution in [0, 0.1) is 6.92 Å². The second-order valence-electron chi connectivity index (χ2n) is 3.30. The van der Waals surface area contributed by atoms with Crippen molar-refractivity contribution in [3.8, 4) is 0 Å². The molecule has 1 fully saturated rings. The third-order valence-electron chi connectivity index (χ3n) is 2.30. The molecule has 2 heteroatoms. The van der Waals surface area contributed by atoms with Crippen molar-refractivity contribution >= 4 is 21.6 Å². The minimum atomic E-state index is 1.21. The number of aryl methyl sites for hydroxylation is 1. The van der Waals surface area contributed by atoms with Crippen molar-refractivity contribution < 1.29 is 0 Å². The van der Waals surface area contributed by atoms with E-state index in [-0.39, 0.29) is 0 Å². The van der Waals surface area contributed by atoms with Crippen molar-refractivity contribution in [1.29, 1.82) is 0 Å². The highest BCUT2D eigenvalue weighted by Gasteiger charge is 2.16. The molecule has 0 unspecified atom stereocenters. The van der Waals surface area contributed by atoms with Crippen molar-refractivity contribution in [3.63, 3.8) is 0 Å². The maximum atomic E-state index is 3.58. The van der Waals surface area contributed by atoms with Crippen LogP contribution >= 0.6 is 15.9 Å². The summed E-state index contributed by atoms with van der Waals surface area (Å²) in [5, 5.41) is 0. The Balaban J connectivity index is 2.31. The van der Waals surface area contributed by atoms with Gasteiger partial charge in [0.25, 0.3) is 0 Å². The largest absolute Gasteiger partial charge is 0.370 e. The molecule has 0 aliphatic carbocycles. The Bertz CT molecular complexity index is 292. The van der Waals surface area contributed by atoms with Crippen LogP contribution in [0.1, 0.15) is 12.0 Å². The van der Waals surface area contributed by atoms with Crippen molar-refractivity contribution in [2.24, 2.45) is 0 Å². The maximum Gasteiger partial charge on any atom is 0.0510 e. The lowest BCUT2D eigenvalue weighted by Crippen LogP contribution is -2.37. The summed E-state index contributed by atoms with van der Waals surface area (Å²) in [6.07, 6.45) is 1.33. The molecule has 1 aromatic carbocycles. The van der Waals surface area contributed by atoms with Gasteiger partial charge in [-0.05, 0) is 47.0 Å². The lowest BCUT2D eigenvalue weighted by atomic mass is 10.1. The minimum Gasteiger partial charge on any atom is -0.370 e. The van der Waals surface area contributed by atoms with Gasteiger partial charge in [0.2, 0.25) is 0 Å². The summed E-state index contributed by atoms with van der Waals surface area (Å²) >= 11 is 3.58. The molecule has 1 nitrogen and oxygen atoms in total.